The van der Waals surface area contributed by atoms with Crippen molar-refractivity contribution in [1.82, 2.24) is 5.32 Å². The van der Waals surface area contributed by atoms with Gasteiger partial charge in [0.15, 0.2) is 0 Å². The molecule has 3 rings (SSSR count). The van der Waals surface area contributed by atoms with Gasteiger partial charge >= 0.3 is 6.09 Å². The van der Waals surface area contributed by atoms with Crippen molar-refractivity contribution in [2.45, 2.75) is 25.2 Å². The summed E-state index contributed by atoms with van der Waals surface area (Å²) in [4.78, 5) is 11.7. The smallest absolute Gasteiger partial charge is 0.407 e. The predicted octanol–water partition coefficient (Wildman–Crippen LogP) is 3.77. The molecule has 0 aliphatic rings. The average Bonchev–Trinajstić information content (AvgIpc) is 2.80. The van der Waals surface area contributed by atoms with Crippen molar-refractivity contribution < 1.29 is 24.5 Å². The van der Waals surface area contributed by atoms with Gasteiger partial charge in [-0.3, -0.25) is 0 Å². The maximum atomic E-state index is 11.7. The molecule has 7 nitrogen and oxygen atoms in total. The van der Waals surface area contributed by atoms with Crippen molar-refractivity contribution in [3.8, 4) is 11.5 Å². The highest BCUT2D eigenvalue weighted by Crippen LogP contribution is 2.25. The highest BCUT2D eigenvalue weighted by molar-refractivity contribution is 5.67. The maximum absolute atomic E-state index is 11.7. The van der Waals surface area contributed by atoms with Crippen LogP contribution in [-0.2, 0) is 11.3 Å². The van der Waals surface area contributed by atoms with Crippen LogP contribution in [-0.4, -0.2) is 29.0 Å². The molecule has 0 aromatic heterocycles. The molecule has 5 N–H and O–H groups in total. The summed E-state index contributed by atoms with van der Waals surface area (Å²) < 4.78 is 10.8. The van der Waals surface area contributed by atoms with Gasteiger partial charge in [-0.15, -0.1) is 0 Å². The first-order valence-electron chi connectivity index (χ1n) is 9.95. The molecule has 0 bridgehead atoms. The Kier molecular flexibility index (Phi) is 7.86. The summed E-state index contributed by atoms with van der Waals surface area (Å²) >= 11 is 0. The fraction of sp³-hybridized carbons (Fsp3) is 0.208. The van der Waals surface area contributed by atoms with Crippen LogP contribution in [0.3, 0.4) is 0 Å². The Morgan fingerprint density at radius 1 is 0.903 bits per heavy atom. The van der Waals surface area contributed by atoms with Gasteiger partial charge in [-0.2, -0.15) is 0 Å². The Balaban J connectivity index is 1.41. The molecule has 0 fully saturated rings. The fourth-order valence-corrected chi connectivity index (χ4v) is 2.88. The largest absolute Gasteiger partial charge is 0.457 e. The van der Waals surface area contributed by atoms with E-state index in [1.807, 2.05) is 30.3 Å². The first kappa shape index (κ1) is 22.1. The van der Waals surface area contributed by atoms with Crippen LogP contribution >= 0.6 is 0 Å². The normalized spacial score (nSPS) is 12.6. The van der Waals surface area contributed by atoms with E-state index in [1.165, 1.54) is 0 Å². The first-order chi connectivity index (χ1) is 15.0. The number of nitrogens with two attached hydrogens (primary N) is 1. The van der Waals surface area contributed by atoms with Crippen molar-refractivity contribution in [2.24, 2.45) is 0 Å². The van der Waals surface area contributed by atoms with E-state index in [1.54, 1.807) is 48.5 Å². The van der Waals surface area contributed by atoms with E-state index in [0.717, 1.165) is 5.56 Å². The number of carbonyl (C=O) groups is 1. The summed E-state index contributed by atoms with van der Waals surface area (Å²) in [5, 5.41) is 23.2. The second-order valence-electron chi connectivity index (χ2n) is 7.03. The number of rotatable bonds is 9. The zero-order valence-corrected chi connectivity index (χ0v) is 17.0. The van der Waals surface area contributed by atoms with Gasteiger partial charge in [0.25, 0.3) is 0 Å². The predicted molar refractivity (Wildman–Crippen MR) is 118 cm³/mol. The number of hydrogen-bond donors (Lipinski definition) is 4. The Bertz CT molecular complexity index is 946. The molecule has 0 saturated heterocycles. The molecule has 0 aliphatic carbocycles. The Labute approximate surface area is 181 Å². The standard InChI is InChI=1S/C24H26N2O5/c25-19-8-12-21(13-9-19)31-20-10-6-18(7-11-20)23(28)22(27)14-15-26-24(29)30-16-17-4-2-1-3-5-17/h1-13,22-23,27-28H,14-16,25H2,(H,26,29). The second kappa shape index (κ2) is 11.0. The summed E-state index contributed by atoms with van der Waals surface area (Å²) in [6, 6.07) is 23.1. The van der Waals surface area contributed by atoms with Crippen LogP contribution in [0.2, 0.25) is 0 Å². The number of aliphatic hydroxyl groups excluding tert-OH is 2. The minimum absolute atomic E-state index is 0.169. The summed E-state index contributed by atoms with van der Waals surface area (Å²) in [6.07, 6.45) is -2.54. The van der Waals surface area contributed by atoms with Crippen LogP contribution in [0.15, 0.2) is 78.9 Å². The number of benzene rings is 3. The van der Waals surface area contributed by atoms with E-state index in [4.69, 9.17) is 15.2 Å². The third-order valence-electron chi connectivity index (χ3n) is 4.62. The number of nitrogens with one attached hydrogen (secondary N) is 1. The number of anilines is 1. The van der Waals surface area contributed by atoms with E-state index < -0.39 is 18.3 Å². The molecule has 1 amide bonds. The number of aliphatic hydroxyl groups is 2. The van der Waals surface area contributed by atoms with Crippen LogP contribution in [0, 0.1) is 0 Å². The SMILES string of the molecule is Nc1ccc(Oc2ccc(C(O)C(O)CCNC(=O)OCc3ccccc3)cc2)cc1. The maximum Gasteiger partial charge on any atom is 0.407 e. The lowest BCUT2D eigenvalue weighted by Crippen LogP contribution is -2.29. The minimum atomic E-state index is -1.09. The number of amides is 1. The highest BCUT2D eigenvalue weighted by Gasteiger charge is 2.18. The van der Waals surface area contributed by atoms with Crippen molar-refractivity contribution in [3.05, 3.63) is 90.0 Å². The first-order valence-corrected chi connectivity index (χ1v) is 9.95. The number of carbonyl (C=O) groups excluding carboxylic acids is 1. The summed E-state index contributed by atoms with van der Waals surface area (Å²) in [6.45, 7) is 0.340. The van der Waals surface area contributed by atoms with Crippen molar-refractivity contribution in [1.29, 1.82) is 0 Å². The zero-order valence-electron chi connectivity index (χ0n) is 17.0. The van der Waals surface area contributed by atoms with Gasteiger partial charge in [-0.25, -0.2) is 4.79 Å². The van der Waals surface area contributed by atoms with Crippen LogP contribution in [0.4, 0.5) is 10.5 Å². The van der Waals surface area contributed by atoms with Gasteiger partial charge in [-0.1, -0.05) is 42.5 Å². The molecule has 0 aliphatic heterocycles. The van der Waals surface area contributed by atoms with Gasteiger partial charge in [0, 0.05) is 12.2 Å². The summed E-state index contributed by atoms with van der Waals surface area (Å²) in [7, 11) is 0. The second-order valence-corrected chi connectivity index (χ2v) is 7.03. The molecule has 3 aromatic carbocycles. The van der Waals surface area contributed by atoms with E-state index in [-0.39, 0.29) is 19.6 Å². The summed E-state index contributed by atoms with van der Waals surface area (Å²) in [5.74, 6) is 1.24. The lowest BCUT2D eigenvalue weighted by molar-refractivity contribution is 0.0136. The molecule has 0 spiro atoms. The van der Waals surface area contributed by atoms with Crippen LogP contribution < -0.4 is 15.8 Å². The van der Waals surface area contributed by atoms with E-state index in [0.29, 0.717) is 22.7 Å². The minimum Gasteiger partial charge on any atom is -0.457 e. The Morgan fingerprint density at radius 2 is 1.52 bits per heavy atom. The van der Waals surface area contributed by atoms with Gasteiger partial charge in [0.2, 0.25) is 0 Å². The molecule has 3 aromatic rings. The van der Waals surface area contributed by atoms with Crippen LogP contribution in [0.1, 0.15) is 23.7 Å². The van der Waals surface area contributed by atoms with Crippen LogP contribution in [0.5, 0.6) is 11.5 Å². The molecule has 0 saturated carbocycles. The quantitative estimate of drug-likeness (QED) is 0.390. The Hall–Kier alpha value is -3.55. The lowest BCUT2D eigenvalue weighted by atomic mass is 10.0. The molecule has 0 heterocycles. The fourth-order valence-electron chi connectivity index (χ4n) is 2.88. The van der Waals surface area contributed by atoms with Crippen LogP contribution in [0.25, 0.3) is 0 Å². The third kappa shape index (κ3) is 7.02. The molecular weight excluding hydrogens is 396 g/mol. The number of alkyl carbamates (subject to hydrolysis) is 1. The van der Waals surface area contributed by atoms with Crippen molar-refractivity contribution in [2.75, 3.05) is 12.3 Å². The van der Waals surface area contributed by atoms with Gasteiger partial charge in [0.05, 0.1) is 6.10 Å². The van der Waals surface area contributed by atoms with E-state index in [9.17, 15) is 15.0 Å². The molecule has 7 heteroatoms. The van der Waals surface area contributed by atoms with Crippen molar-refractivity contribution >= 4 is 11.8 Å². The molecule has 31 heavy (non-hydrogen) atoms. The van der Waals surface area contributed by atoms with E-state index in [2.05, 4.69) is 5.32 Å². The lowest BCUT2D eigenvalue weighted by Gasteiger charge is -2.18. The summed E-state index contributed by atoms with van der Waals surface area (Å²) in [5.41, 5.74) is 7.74. The number of ether oxygens (including phenoxy) is 2. The number of hydrogen-bond acceptors (Lipinski definition) is 6. The molecule has 2 unspecified atom stereocenters. The van der Waals surface area contributed by atoms with Gasteiger partial charge < -0.3 is 30.7 Å². The molecule has 0 radical (unpaired) electrons. The van der Waals surface area contributed by atoms with Crippen molar-refractivity contribution in [3.63, 3.8) is 0 Å². The molecular formula is C24H26N2O5. The molecule has 162 valence electrons. The van der Waals surface area contributed by atoms with Gasteiger partial charge in [-0.05, 0) is 53.9 Å². The number of nitrogen functional groups attached to an aromatic ring is 1. The highest BCUT2D eigenvalue weighted by atomic mass is 16.5. The van der Waals surface area contributed by atoms with E-state index >= 15 is 0 Å². The topological polar surface area (TPSA) is 114 Å². The Morgan fingerprint density at radius 3 is 2.16 bits per heavy atom. The monoisotopic (exact) mass is 422 g/mol. The third-order valence-corrected chi connectivity index (χ3v) is 4.62. The van der Waals surface area contributed by atoms with Gasteiger partial charge in [0.1, 0.15) is 24.2 Å². The average molecular weight is 422 g/mol. The zero-order chi connectivity index (χ0) is 22.1. The molecule has 2 atom stereocenters.